The highest BCUT2D eigenvalue weighted by molar-refractivity contribution is 6.06. The number of carbonyl (C=O) groups excluding carboxylic acids is 1. The summed E-state index contributed by atoms with van der Waals surface area (Å²) in [7, 11) is 0. The molecule has 1 saturated carbocycles. The van der Waals surface area contributed by atoms with Crippen LogP contribution in [0.5, 0.6) is 0 Å². The number of hydrogen-bond acceptors (Lipinski definition) is 3. The third-order valence-electron chi connectivity index (χ3n) is 4.20. The van der Waals surface area contributed by atoms with Gasteiger partial charge in [-0.15, -0.1) is 0 Å². The standard InChI is InChI=1S/C16H22N2O3/c1-9-7-8-10(2)14(16(20)21)13(9)15(19)18-12-6-4-3-5-11(12)17/h7-8,11-12H,3-6,17H2,1-2H3,(H,18,19)(H,20,21). The average molecular weight is 290 g/mol. The molecule has 4 N–H and O–H groups in total. The summed E-state index contributed by atoms with van der Waals surface area (Å²) in [6.45, 7) is 3.45. The summed E-state index contributed by atoms with van der Waals surface area (Å²) in [5.74, 6) is -1.41. The molecule has 0 saturated heterocycles. The van der Waals surface area contributed by atoms with E-state index in [1.807, 2.05) is 0 Å². The minimum Gasteiger partial charge on any atom is -0.478 e. The van der Waals surface area contributed by atoms with E-state index in [1.165, 1.54) is 0 Å². The average Bonchev–Trinajstić information content (AvgIpc) is 2.43. The Balaban J connectivity index is 2.30. The molecule has 0 spiro atoms. The van der Waals surface area contributed by atoms with Crippen LogP contribution in [-0.2, 0) is 0 Å². The number of carbonyl (C=O) groups is 2. The molecule has 0 aromatic heterocycles. The molecule has 0 radical (unpaired) electrons. The third-order valence-corrected chi connectivity index (χ3v) is 4.20. The van der Waals surface area contributed by atoms with E-state index in [2.05, 4.69) is 5.32 Å². The highest BCUT2D eigenvalue weighted by atomic mass is 16.4. The molecule has 2 atom stereocenters. The molecule has 1 aromatic carbocycles. The predicted molar refractivity (Wildman–Crippen MR) is 80.6 cm³/mol. The molecule has 1 amide bonds. The quantitative estimate of drug-likeness (QED) is 0.794. The van der Waals surface area contributed by atoms with Crippen LogP contribution in [0.15, 0.2) is 12.1 Å². The van der Waals surface area contributed by atoms with Crippen molar-refractivity contribution < 1.29 is 14.7 Å². The van der Waals surface area contributed by atoms with Crippen LogP contribution >= 0.6 is 0 Å². The molecular formula is C16H22N2O3. The summed E-state index contributed by atoms with van der Waals surface area (Å²) >= 11 is 0. The molecule has 2 unspecified atom stereocenters. The number of aromatic carboxylic acids is 1. The fourth-order valence-corrected chi connectivity index (χ4v) is 2.96. The lowest BCUT2D eigenvalue weighted by molar-refractivity contribution is 0.0689. The van der Waals surface area contributed by atoms with Gasteiger partial charge < -0.3 is 16.2 Å². The Labute approximate surface area is 124 Å². The monoisotopic (exact) mass is 290 g/mol. The Morgan fingerprint density at radius 1 is 1.14 bits per heavy atom. The number of nitrogens with one attached hydrogen (secondary N) is 1. The van der Waals surface area contributed by atoms with Gasteiger partial charge in [0, 0.05) is 12.1 Å². The minimum atomic E-state index is -1.07. The van der Waals surface area contributed by atoms with Gasteiger partial charge in [-0.3, -0.25) is 4.79 Å². The van der Waals surface area contributed by atoms with Gasteiger partial charge in [0.2, 0.25) is 0 Å². The Morgan fingerprint density at radius 2 is 1.71 bits per heavy atom. The van der Waals surface area contributed by atoms with Gasteiger partial charge in [0.05, 0.1) is 11.1 Å². The number of carboxylic acids is 1. The van der Waals surface area contributed by atoms with Crippen LogP contribution in [0.2, 0.25) is 0 Å². The van der Waals surface area contributed by atoms with E-state index in [9.17, 15) is 14.7 Å². The van der Waals surface area contributed by atoms with E-state index in [0.717, 1.165) is 25.7 Å². The zero-order valence-corrected chi connectivity index (χ0v) is 12.5. The maximum absolute atomic E-state index is 12.5. The lowest BCUT2D eigenvalue weighted by Gasteiger charge is -2.29. The number of benzene rings is 1. The van der Waals surface area contributed by atoms with Crippen molar-refractivity contribution in [3.63, 3.8) is 0 Å². The van der Waals surface area contributed by atoms with Gasteiger partial charge in [0.15, 0.2) is 0 Å². The van der Waals surface area contributed by atoms with Crippen molar-refractivity contribution in [3.8, 4) is 0 Å². The first-order valence-corrected chi connectivity index (χ1v) is 7.31. The van der Waals surface area contributed by atoms with Crippen LogP contribution in [0.4, 0.5) is 0 Å². The number of nitrogens with two attached hydrogens (primary N) is 1. The van der Waals surface area contributed by atoms with Gasteiger partial charge in [-0.1, -0.05) is 25.0 Å². The smallest absolute Gasteiger partial charge is 0.336 e. The molecule has 2 rings (SSSR count). The Bertz CT molecular complexity index is 569. The van der Waals surface area contributed by atoms with Gasteiger partial charge in [0.1, 0.15) is 0 Å². The van der Waals surface area contributed by atoms with Gasteiger partial charge in [-0.25, -0.2) is 4.79 Å². The summed E-state index contributed by atoms with van der Waals surface area (Å²) in [5.41, 5.74) is 7.63. The second kappa shape index (κ2) is 6.26. The molecule has 1 fully saturated rings. The van der Waals surface area contributed by atoms with Crippen LogP contribution in [-0.4, -0.2) is 29.1 Å². The number of amides is 1. The molecule has 5 heteroatoms. The molecule has 5 nitrogen and oxygen atoms in total. The van der Waals surface area contributed by atoms with E-state index >= 15 is 0 Å². The molecule has 0 bridgehead atoms. The number of aryl methyl sites for hydroxylation is 2. The number of hydrogen-bond donors (Lipinski definition) is 3. The number of carboxylic acid groups (broad SMARTS) is 1. The first-order chi connectivity index (χ1) is 9.91. The lowest BCUT2D eigenvalue weighted by atomic mass is 9.90. The maximum atomic E-state index is 12.5. The van der Waals surface area contributed by atoms with E-state index < -0.39 is 5.97 Å². The normalized spacial score (nSPS) is 21.9. The second-order valence-corrected chi connectivity index (χ2v) is 5.78. The van der Waals surface area contributed by atoms with Crippen molar-refractivity contribution in [1.82, 2.24) is 5.32 Å². The first-order valence-electron chi connectivity index (χ1n) is 7.31. The Morgan fingerprint density at radius 3 is 2.29 bits per heavy atom. The third kappa shape index (κ3) is 3.24. The lowest BCUT2D eigenvalue weighted by Crippen LogP contribution is -2.49. The Kier molecular flexibility index (Phi) is 4.63. The zero-order chi connectivity index (χ0) is 15.6. The number of rotatable bonds is 3. The van der Waals surface area contributed by atoms with Gasteiger partial charge in [0.25, 0.3) is 5.91 Å². The maximum Gasteiger partial charge on any atom is 0.336 e. The van der Waals surface area contributed by atoms with Crippen LogP contribution in [0, 0.1) is 13.8 Å². The molecule has 1 aliphatic rings. The summed E-state index contributed by atoms with van der Waals surface area (Å²) in [6, 6.07) is 3.37. The SMILES string of the molecule is Cc1ccc(C)c(C(=O)NC2CCCCC2N)c1C(=O)O. The van der Waals surface area contributed by atoms with Crippen LogP contribution < -0.4 is 11.1 Å². The molecule has 21 heavy (non-hydrogen) atoms. The van der Waals surface area contributed by atoms with Gasteiger partial charge in [-0.2, -0.15) is 0 Å². The highest BCUT2D eigenvalue weighted by Gasteiger charge is 2.27. The van der Waals surface area contributed by atoms with E-state index in [4.69, 9.17) is 5.73 Å². The van der Waals surface area contributed by atoms with Crippen molar-refractivity contribution in [1.29, 1.82) is 0 Å². The summed E-state index contributed by atoms with van der Waals surface area (Å²) < 4.78 is 0. The molecule has 1 aromatic rings. The van der Waals surface area contributed by atoms with E-state index in [1.54, 1.807) is 26.0 Å². The van der Waals surface area contributed by atoms with Crippen LogP contribution in [0.1, 0.15) is 57.5 Å². The molecule has 0 heterocycles. The fourth-order valence-electron chi connectivity index (χ4n) is 2.96. The van der Waals surface area contributed by atoms with Gasteiger partial charge >= 0.3 is 5.97 Å². The molecular weight excluding hydrogens is 268 g/mol. The zero-order valence-electron chi connectivity index (χ0n) is 12.5. The van der Waals surface area contributed by atoms with Gasteiger partial charge in [-0.05, 0) is 37.8 Å². The van der Waals surface area contributed by atoms with Crippen molar-refractivity contribution in [2.45, 2.75) is 51.6 Å². The minimum absolute atomic E-state index is 0.0545. The van der Waals surface area contributed by atoms with Crippen molar-refractivity contribution >= 4 is 11.9 Å². The van der Waals surface area contributed by atoms with Crippen LogP contribution in [0.25, 0.3) is 0 Å². The fraction of sp³-hybridized carbons (Fsp3) is 0.500. The molecule has 114 valence electrons. The van der Waals surface area contributed by atoms with E-state index in [0.29, 0.717) is 11.1 Å². The summed E-state index contributed by atoms with van der Waals surface area (Å²) in [6.07, 6.45) is 3.86. The van der Waals surface area contributed by atoms with Crippen LogP contribution in [0.3, 0.4) is 0 Å². The molecule has 1 aliphatic carbocycles. The van der Waals surface area contributed by atoms with Crippen molar-refractivity contribution in [2.24, 2.45) is 5.73 Å². The second-order valence-electron chi connectivity index (χ2n) is 5.78. The van der Waals surface area contributed by atoms with E-state index in [-0.39, 0.29) is 29.1 Å². The summed E-state index contributed by atoms with van der Waals surface area (Å²) in [4.78, 5) is 24.0. The first kappa shape index (κ1) is 15.5. The topological polar surface area (TPSA) is 92.4 Å². The Hall–Kier alpha value is -1.88. The largest absolute Gasteiger partial charge is 0.478 e. The van der Waals surface area contributed by atoms with Crippen molar-refractivity contribution in [2.75, 3.05) is 0 Å². The summed E-state index contributed by atoms with van der Waals surface area (Å²) in [5, 5.41) is 12.3. The van der Waals surface area contributed by atoms with Crippen molar-refractivity contribution in [3.05, 3.63) is 34.4 Å². The highest BCUT2D eigenvalue weighted by Crippen LogP contribution is 2.21. The molecule has 0 aliphatic heterocycles. The predicted octanol–water partition coefficient (Wildman–Crippen LogP) is 2.00.